The van der Waals surface area contributed by atoms with Crippen molar-refractivity contribution >= 4 is 11.5 Å². The van der Waals surface area contributed by atoms with E-state index in [1.54, 1.807) is 0 Å². The fourth-order valence-corrected chi connectivity index (χ4v) is 2.13. The maximum atomic E-state index is 13.2. The molecule has 0 heterocycles. The van der Waals surface area contributed by atoms with E-state index < -0.39 is 5.82 Å². The van der Waals surface area contributed by atoms with E-state index in [-0.39, 0.29) is 23.6 Å². The van der Waals surface area contributed by atoms with E-state index in [0.29, 0.717) is 6.54 Å². The molecule has 0 saturated heterocycles. The number of rotatable bonds is 5. The van der Waals surface area contributed by atoms with Crippen LogP contribution < -0.4 is 4.90 Å². The Morgan fingerprint density at radius 2 is 1.86 bits per heavy atom. The first-order valence-electron chi connectivity index (χ1n) is 6.84. The van der Waals surface area contributed by atoms with Gasteiger partial charge in [-0.25, -0.2) is 4.39 Å². The molecular formula is C17H18FNO2. The van der Waals surface area contributed by atoms with Crippen molar-refractivity contribution in [2.24, 2.45) is 0 Å². The highest BCUT2D eigenvalue weighted by Crippen LogP contribution is 2.21. The number of carbonyl (C=O) groups excluding carboxylic acids is 1. The van der Waals surface area contributed by atoms with Crippen LogP contribution in [0.25, 0.3) is 0 Å². The van der Waals surface area contributed by atoms with E-state index in [1.807, 2.05) is 43.0 Å². The van der Waals surface area contributed by atoms with Gasteiger partial charge < -0.3 is 10.0 Å². The molecule has 0 saturated carbocycles. The number of phenolic OH excluding ortho intramolecular Hbond substituents is 1. The van der Waals surface area contributed by atoms with Gasteiger partial charge in [-0.1, -0.05) is 17.7 Å². The van der Waals surface area contributed by atoms with E-state index in [0.717, 1.165) is 23.4 Å². The lowest BCUT2D eigenvalue weighted by molar-refractivity contribution is 0.0996. The lowest BCUT2D eigenvalue weighted by Crippen LogP contribution is -2.29. The Kier molecular flexibility index (Phi) is 4.58. The topological polar surface area (TPSA) is 40.5 Å². The van der Waals surface area contributed by atoms with Crippen LogP contribution in [0.3, 0.4) is 0 Å². The Bertz CT molecular complexity index is 638. The summed E-state index contributed by atoms with van der Waals surface area (Å²) in [5.41, 5.74) is 2.08. The molecule has 3 nitrogen and oxygen atoms in total. The van der Waals surface area contributed by atoms with Gasteiger partial charge in [-0.2, -0.15) is 0 Å². The van der Waals surface area contributed by atoms with Crippen molar-refractivity contribution in [2.75, 3.05) is 18.0 Å². The molecule has 0 bridgehead atoms. The summed E-state index contributed by atoms with van der Waals surface area (Å²) in [7, 11) is 0. The molecule has 0 spiro atoms. The summed E-state index contributed by atoms with van der Waals surface area (Å²) < 4.78 is 13.2. The highest BCUT2D eigenvalue weighted by molar-refractivity contribution is 6.01. The molecule has 0 unspecified atom stereocenters. The Hall–Kier alpha value is -2.36. The predicted molar refractivity (Wildman–Crippen MR) is 81.5 cm³/mol. The monoisotopic (exact) mass is 287 g/mol. The maximum Gasteiger partial charge on any atom is 0.185 e. The summed E-state index contributed by atoms with van der Waals surface area (Å²) in [5, 5.41) is 9.69. The first-order chi connectivity index (χ1) is 10.0. The molecule has 2 rings (SSSR count). The Morgan fingerprint density at radius 1 is 1.19 bits per heavy atom. The molecule has 0 radical (unpaired) electrons. The minimum atomic E-state index is -0.533. The van der Waals surface area contributed by atoms with Crippen molar-refractivity contribution in [3.8, 4) is 5.75 Å². The van der Waals surface area contributed by atoms with Gasteiger partial charge in [0.05, 0.1) is 12.1 Å². The second-order valence-corrected chi connectivity index (χ2v) is 4.93. The van der Waals surface area contributed by atoms with Crippen LogP contribution in [0.15, 0.2) is 42.5 Å². The van der Waals surface area contributed by atoms with Gasteiger partial charge >= 0.3 is 0 Å². The van der Waals surface area contributed by atoms with Crippen LogP contribution in [-0.4, -0.2) is 24.0 Å². The molecule has 0 amide bonds. The number of halogens is 1. The van der Waals surface area contributed by atoms with Crippen molar-refractivity contribution in [3.63, 3.8) is 0 Å². The van der Waals surface area contributed by atoms with Crippen molar-refractivity contribution < 1.29 is 14.3 Å². The van der Waals surface area contributed by atoms with Crippen LogP contribution in [0.1, 0.15) is 22.8 Å². The van der Waals surface area contributed by atoms with Gasteiger partial charge in [0.25, 0.3) is 0 Å². The Morgan fingerprint density at radius 3 is 2.48 bits per heavy atom. The van der Waals surface area contributed by atoms with Crippen molar-refractivity contribution in [1.82, 2.24) is 0 Å². The summed E-state index contributed by atoms with van der Waals surface area (Å²) in [6, 6.07) is 11.2. The van der Waals surface area contributed by atoms with Crippen LogP contribution in [-0.2, 0) is 0 Å². The first-order valence-corrected chi connectivity index (χ1v) is 6.84. The molecule has 110 valence electrons. The van der Waals surface area contributed by atoms with E-state index in [4.69, 9.17) is 0 Å². The van der Waals surface area contributed by atoms with Gasteiger partial charge in [-0.3, -0.25) is 4.79 Å². The lowest BCUT2D eigenvalue weighted by atomic mass is 10.1. The number of hydrogen-bond donors (Lipinski definition) is 1. The zero-order valence-corrected chi connectivity index (χ0v) is 12.1. The Balaban J connectivity index is 2.20. The fourth-order valence-electron chi connectivity index (χ4n) is 2.13. The van der Waals surface area contributed by atoms with Crippen molar-refractivity contribution in [1.29, 1.82) is 0 Å². The standard InChI is InChI=1S/C17H18FNO2/c1-3-19(14-7-4-12(2)5-8-14)11-17(21)15-10-13(18)6-9-16(15)20/h4-10,20H,3,11H2,1-2H3. The number of Topliss-reactive ketones (excluding diaryl/α,β-unsaturated/α-hetero) is 1. The van der Waals surface area contributed by atoms with Gasteiger partial charge in [-0.05, 0) is 44.2 Å². The zero-order chi connectivity index (χ0) is 15.4. The number of nitrogens with zero attached hydrogens (tertiary/aromatic N) is 1. The second kappa shape index (κ2) is 6.39. The molecule has 0 aliphatic heterocycles. The molecule has 1 N–H and O–H groups in total. The van der Waals surface area contributed by atoms with Gasteiger partial charge in [0.1, 0.15) is 11.6 Å². The first kappa shape index (κ1) is 15.0. The fraction of sp³-hybridized carbons (Fsp3) is 0.235. The van der Waals surface area contributed by atoms with Crippen LogP contribution in [0.5, 0.6) is 5.75 Å². The van der Waals surface area contributed by atoms with Gasteiger partial charge in [0.15, 0.2) is 5.78 Å². The highest BCUT2D eigenvalue weighted by Gasteiger charge is 2.16. The normalized spacial score (nSPS) is 10.4. The minimum Gasteiger partial charge on any atom is -0.507 e. The van der Waals surface area contributed by atoms with E-state index in [9.17, 15) is 14.3 Å². The maximum absolute atomic E-state index is 13.2. The average molecular weight is 287 g/mol. The highest BCUT2D eigenvalue weighted by atomic mass is 19.1. The number of hydrogen-bond acceptors (Lipinski definition) is 3. The van der Waals surface area contributed by atoms with Gasteiger partial charge in [0.2, 0.25) is 0 Å². The molecule has 4 heteroatoms. The number of aromatic hydroxyl groups is 1. The van der Waals surface area contributed by atoms with Crippen LogP contribution in [0.4, 0.5) is 10.1 Å². The van der Waals surface area contributed by atoms with Gasteiger partial charge in [0, 0.05) is 12.2 Å². The Labute approximate surface area is 123 Å². The van der Waals surface area contributed by atoms with Crippen molar-refractivity contribution in [3.05, 3.63) is 59.4 Å². The number of benzene rings is 2. The third kappa shape index (κ3) is 3.60. The summed E-state index contributed by atoms with van der Waals surface area (Å²) in [5.74, 6) is -1.04. The average Bonchev–Trinajstić information content (AvgIpc) is 2.48. The summed E-state index contributed by atoms with van der Waals surface area (Å²) >= 11 is 0. The lowest BCUT2D eigenvalue weighted by Gasteiger charge is -2.22. The van der Waals surface area contributed by atoms with Crippen molar-refractivity contribution in [2.45, 2.75) is 13.8 Å². The van der Waals surface area contributed by atoms with E-state index >= 15 is 0 Å². The number of aryl methyl sites for hydroxylation is 1. The third-order valence-corrected chi connectivity index (χ3v) is 3.37. The summed E-state index contributed by atoms with van der Waals surface area (Å²) in [6.45, 7) is 4.68. The molecule has 2 aromatic rings. The molecule has 0 atom stereocenters. The minimum absolute atomic E-state index is 0.0144. The van der Waals surface area contributed by atoms with Gasteiger partial charge in [-0.15, -0.1) is 0 Å². The third-order valence-electron chi connectivity index (χ3n) is 3.37. The molecule has 21 heavy (non-hydrogen) atoms. The summed E-state index contributed by atoms with van der Waals surface area (Å²) in [4.78, 5) is 14.1. The number of carbonyl (C=O) groups is 1. The SMILES string of the molecule is CCN(CC(=O)c1cc(F)ccc1O)c1ccc(C)cc1. The second-order valence-electron chi connectivity index (χ2n) is 4.93. The van der Waals surface area contributed by atoms with Crippen LogP contribution >= 0.6 is 0 Å². The molecule has 0 fully saturated rings. The van der Waals surface area contributed by atoms with E-state index in [1.165, 1.54) is 6.07 Å². The largest absolute Gasteiger partial charge is 0.507 e. The molecule has 0 aliphatic carbocycles. The van der Waals surface area contributed by atoms with Crippen LogP contribution in [0, 0.1) is 12.7 Å². The quantitative estimate of drug-likeness (QED) is 0.855. The van der Waals surface area contributed by atoms with E-state index in [2.05, 4.69) is 0 Å². The van der Waals surface area contributed by atoms with Crippen LogP contribution in [0.2, 0.25) is 0 Å². The molecule has 0 aromatic heterocycles. The molecule has 0 aliphatic rings. The molecular weight excluding hydrogens is 269 g/mol. The molecule has 2 aromatic carbocycles. The number of phenols is 1. The zero-order valence-electron chi connectivity index (χ0n) is 12.1. The number of anilines is 1. The predicted octanol–water partition coefficient (Wildman–Crippen LogP) is 3.55. The smallest absolute Gasteiger partial charge is 0.185 e. The number of ketones is 1. The number of likely N-dealkylation sites (N-methyl/N-ethyl adjacent to an activating group) is 1. The summed E-state index contributed by atoms with van der Waals surface area (Å²) in [6.07, 6.45) is 0.